The first-order valence-corrected chi connectivity index (χ1v) is 0.928. The minimum atomic E-state index is -0.833. The van der Waals surface area contributed by atoms with Gasteiger partial charge in [-0.25, -0.2) is 0 Å². The molecule has 0 aromatic rings. The summed E-state index contributed by atoms with van der Waals surface area (Å²) in [4.78, 5) is 9.00. The molecular formula is C2H6CaFeO2. The summed E-state index contributed by atoms with van der Waals surface area (Å²) < 4.78 is 0. The van der Waals surface area contributed by atoms with E-state index in [0.29, 0.717) is 0 Å². The molecule has 4 heteroatoms. The fourth-order valence-electron chi connectivity index (χ4n) is 0. The van der Waals surface area contributed by atoms with Crippen molar-refractivity contribution in [1.29, 1.82) is 0 Å². The summed E-state index contributed by atoms with van der Waals surface area (Å²) in [7, 11) is 0. The Hall–Kier alpha value is 1.25. The number of hydrogen-bond acceptors (Lipinski definition) is 1. The summed E-state index contributed by atoms with van der Waals surface area (Å²) in [5.74, 6) is -0.833. The third-order valence-electron chi connectivity index (χ3n) is 0. The molecule has 0 aliphatic heterocycles. The van der Waals surface area contributed by atoms with E-state index in [9.17, 15) is 0 Å². The Morgan fingerprint density at radius 3 is 1.83 bits per heavy atom. The van der Waals surface area contributed by atoms with Crippen LogP contribution in [0.3, 0.4) is 0 Å². The van der Waals surface area contributed by atoms with Gasteiger partial charge in [-0.15, -0.1) is 0 Å². The Bertz CT molecular complexity index is 41.0. The van der Waals surface area contributed by atoms with E-state index >= 15 is 0 Å². The van der Waals surface area contributed by atoms with Gasteiger partial charge >= 0.3 is 37.7 Å². The summed E-state index contributed by atoms with van der Waals surface area (Å²) in [6.07, 6.45) is 0. The fourth-order valence-corrected chi connectivity index (χ4v) is 0. The van der Waals surface area contributed by atoms with E-state index in [1.54, 1.807) is 0 Å². The second-order valence-electron chi connectivity index (χ2n) is 0.519. The van der Waals surface area contributed by atoms with Crippen molar-refractivity contribution in [3.8, 4) is 0 Å². The van der Waals surface area contributed by atoms with Crippen LogP contribution in [0.4, 0.5) is 0 Å². The van der Waals surface area contributed by atoms with Crippen LogP contribution in [0.2, 0.25) is 0 Å². The zero-order valence-corrected chi connectivity index (χ0v) is 6.73. The summed E-state index contributed by atoms with van der Waals surface area (Å²) in [5.41, 5.74) is 0. The van der Waals surface area contributed by atoms with Crippen molar-refractivity contribution in [3.63, 3.8) is 0 Å². The van der Waals surface area contributed by atoms with Crippen LogP contribution in [0.15, 0.2) is 0 Å². The number of carboxylic acids is 1. The monoisotopic (exact) mass is 158 g/mol. The molecule has 0 aliphatic rings. The van der Waals surface area contributed by atoms with Crippen LogP contribution in [0.25, 0.3) is 0 Å². The van der Waals surface area contributed by atoms with Crippen molar-refractivity contribution in [2.24, 2.45) is 0 Å². The molecule has 0 rings (SSSR count). The van der Waals surface area contributed by atoms with Gasteiger partial charge in [-0.05, 0) is 0 Å². The minimum absolute atomic E-state index is 0. The Morgan fingerprint density at radius 2 is 1.83 bits per heavy atom. The third kappa shape index (κ3) is 60.7. The first-order valence-electron chi connectivity index (χ1n) is 0.928. The van der Waals surface area contributed by atoms with Gasteiger partial charge in [0.1, 0.15) is 0 Å². The molecule has 0 radical (unpaired) electrons. The predicted octanol–water partition coefficient (Wildman–Crippen LogP) is -0.0674. The average molecular weight is 158 g/mol. The molecule has 0 amide bonds. The molecule has 0 fully saturated rings. The van der Waals surface area contributed by atoms with E-state index in [1.165, 1.54) is 0 Å². The SMILES string of the molecule is CC(=O)O.[Ca+2].[Fe].[H-].[H-]. The van der Waals surface area contributed by atoms with E-state index < -0.39 is 5.97 Å². The number of aliphatic carboxylic acids is 1. The van der Waals surface area contributed by atoms with E-state index in [0.717, 1.165) is 6.92 Å². The van der Waals surface area contributed by atoms with Gasteiger partial charge in [-0.1, -0.05) is 0 Å². The smallest absolute Gasteiger partial charge is 1.00 e. The van der Waals surface area contributed by atoms with Crippen LogP contribution in [0.1, 0.15) is 9.78 Å². The summed E-state index contributed by atoms with van der Waals surface area (Å²) in [6.45, 7) is 1.08. The summed E-state index contributed by atoms with van der Waals surface area (Å²) in [5, 5.41) is 7.42. The molecule has 0 unspecified atom stereocenters. The van der Waals surface area contributed by atoms with Crippen molar-refractivity contribution in [2.45, 2.75) is 6.92 Å². The van der Waals surface area contributed by atoms with E-state index in [1.807, 2.05) is 0 Å². The van der Waals surface area contributed by atoms with E-state index in [4.69, 9.17) is 9.90 Å². The number of rotatable bonds is 0. The number of carbonyl (C=O) groups is 1. The van der Waals surface area contributed by atoms with Crippen molar-refractivity contribution in [3.05, 3.63) is 0 Å². The molecule has 1 N–H and O–H groups in total. The quantitative estimate of drug-likeness (QED) is 0.501. The zero-order valence-electron chi connectivity index (χ0n) is 5.42. The first-order chi connectivity index (χ1) is 1.73. The van der Waals surface area contributed by atoms with Gasteiger partial charge < -0.3 is 7.96 Å². The topological polar surface area (TPSA) is 37.3 Å². The Labute approximate surface area is 79.7 Å². The van der Waals surface area contributed by atoms with Crippen molar-refractivity contribution >= 4 is 43.7 Å². The van der Waals surface area contributed by atoms with Crippen LogP contribution in [0, 0.1) is 0 Å². The largest absolute Gasteiger partial charge is 2.00 e. The number of hydrogen-bond donors (Lipinski definition) is 1. The molecule has 0 aromatic carbocycles. The molecule has 0 saturated carbocycles. The summed E-state index contributed by atoms with van der Waals surface area (Å²) >= 11 is 0. The van der Waals surface area contributed by atoms with Crippen LogP contribution in [0.5, 0.6) is 0 Å². The molecule has 6 heavy (non-hydrogen) atoms. The maximum Gasteiger partial charge on any atom is 2.00 e. The fraction of sp³-hybridized carbons (Fsp3) is 0.500. The standard InChI is InChI=1S/C2H4O2.Ca.Fe.2H/c1-2(3)4;;;;/h1H3,(H,3,4);;;;/q;+2;;2*-1. The maximum absolute atomic E-state index is 9.00. The molecular weight excluding hydrogens is 152 g/mol. The molecule has 36 valence electrons. The molecule has 0 spiro atoms. The first kappa shape index (κ1) is 15.7. The van der Waals surface area contributed by atoms with Gasteiger partial charge in [-0.3, -0.25) is 4.79 Å². The predicted molar refractivity (Wildman–Crippen MR) is 21.3 cm³/mol. The minimum Gasteiger partial charge on any atom is -1.00 e. The Kier molecular flexibility index (Phi) is 24.9. The van der Waals surface area contributed by atoms with Crippen molar-refractivity contribution in [1.82, 2.24) is 0 Å². The van der Waals surface area contributed by atoms with E-state index in [2.05, 4.69) is 0 Å². The number of carboxylic acid groups (broad SMARTS) is 1. The van der Waals surface area contributed by atoms with Gasteiger partial charge in [0.2, 0.25) is 0 Å². The van der Waals surface area contributed by atoms with Gasteiger partial charge in [0.05, 0.1) is 0 Å². The molecule has 0 aliphatic carbocycles. The molecule has 2 nitrogen and oxygen atoms in total. The van der Waals surface area contributed by atoms with Crippen LogP contribution in [-0.2, 0) is 21.9 Å². The van der Waals surface area contributed by atoms with Crippen molar-refractivity contribution in [2.75, 3.05) is 0 Å². The van der Waals surface area contributed by atoms with E-state index in [-0.39, 0.29) is 57.7 Å². The molecule has 0 atom stereocenters. The van der Waals surface area contributed by atoms with Crippen LogP contribution in [-0.4, -0.2) is 48.8 Å². The van der Waals surface area contributed by atoms with Crippen molar-refractivity contribution < 1.29 is 29.8 Å². The van der Waals surface area contributed by atoms with Gasteiger partial charge in [0.25, 0.3) is 5.97 Å². The zero-order chi connectivity index (χ0) is 3.58. The van der Waals surface area contributed by atoms with Crippen LogP contribution >= 0.6 is 0 Å². The molecule has 0 saturated heterocycles. The van der Waals surface area contributed by atoms with Gasteiger partial charge in [-0.2, -0.15) is 0 Å². The van der Waals surface area contributed by atoms with Crippen LogP contribution < -0.4 is 0 Å². The molecule has 0 aromatic heterocycles. The second-order valence-corrected chi connectivity index (χ2v) is 0.519. The normalized spacial score (nSPS) is 4.17. The summed E-state index contributed by atoms with van der Waals surface area (Å²) in [6, 6.07) is 0. The van der Waals surface area contributed by atoms with Gasteiger partial charge in [0.15, 0.2) is 0 Å². The Balaban J connectivity index is -0.00000000750. The second kappa shape index (κ2) is 9.54. The molecule has 0 bridgehead atoms. The van der Waals surface area contributed by atoms with Gasteiger partial charge in [0, 0.05) is 24.0 Å². The Morgan fingerprint density at radius 1 is 1.83 bits per heavy atom. The molecule has 0 heterocycles. The average Bonchev–Trinajstić information content (AvgIpc) is 0.811. The maximum atomic E-state index is 9.00. The third-order valence-corrected chi connectivity index (χ3v) is 0.